The maximum Gasteiger partial charge on any atom is 0.295 e. The van der Waals surface area contributed by atoms with Gasteiger partial charge in [0.05, 0.1) is 32.5 Å². The van der Waals surface area contributed by atoms with E-state index in [4.69, 9.17) is 9.73 Å². The van der Waals surface area contributed by atoms with Gasteiger partial charge in [-0.05, 0) is 64.2 Å². The molecule has 1 atom stereocenters. The van der Waals surface area contributed by atoms with Gasteiger partial charge in [-0.1, -0.05) is 6.07 Å². The van der Waals surface area contributed by atoms with Gasteiger partial charge in [-0.15, -0.1) is 11.8 Å². The molecule has 0 spiro atoms. The highest BCUT2D eigenvalue weighted by molar-refractivity contribution is 8.14. The van der Waals surface area contributed by atoms with Crippen molar-refractivity contribution < 1.29 is 26.7 Å². The van der Waals surface area contributed by atoms with Crippen LogP contribution in [0.5, 0.6) is 0 Å². The topological polar surface area (TPSA) is 116 Å². The lowest BCUT2D eigenvalue weighted by Crippen LogP contribution is -2.21. The van der Waals surface area contributed by atoms with Gasteiger partial charge in [-0.25, -0.2) is 27.2 Å². The molecule has 1 unspecified atom stereocenters. The van der Waals surface area contributed by atoms with E-state index in [0.29, 0.717) is 30.0 Å². The van der Waals surface area contributed by atoms with Crippen LogP contribution in [0.25, 0.3) is 11.2 Å². The molecule has 42 heavy (non-hydrogen) atoms. The van der Waals surface area contributed by atoms with E-state index in [1.165, 1.54) is 4.57 Å². The van der Waals surface area contributed by atoms with Crippen LogP contribution < -0.4 is 5.32 Å². The normalized spacial score (nSPS) is 20.7. The monoisotopic (exact) mass is 617 g/mol. The number of ketones is 1. The molecule has 0 amide bonds. The highest BCUT2D eigenvalue weighted by Crippen LogP contribution is 2.38. The Morgan fingerprint density at radius 2 is 1.95 bits per heavy atom. The number of ether oxygens (including phenoxy) is 1. The van der Waals surface area contributed by atoms with Crippen molar-refractivity contribution in [1.82, 2.24) is 14.5 Å². The van der Waals surface area contributed by atoms with Crippen molar-refractivity contribution in [3.8, 4) is 0 Å². The number of carbonyl (C=O) groups is 1. The van der Waals surface area contributed by atoms with Gasteiger partial charge in [0.2, 0.25) is 0 Å². The number of sulfone groups is 1. The van der Waals surface area contributed by atoms with Crippen LogP contribution >= 0.6 is 11.8 Å². The SMILES string of the molecule is CC1(C)CSC(c2ccc(Nc3cc(CC(=O)C4CC4)nc4c3nc(C(F)F)n4C3CCCCO3)c(S(C)(=O)=O)c2)=N1. The molecule has 6 rings (SSSR count). The number of imidazole rings is 1. The Balaban J connectivity index is 1.48. The van der Waals surface area contributed by atoms with Crippen LogP contribution in [0.2, 0.25) is 0 Å². The number of aliphatic imine (C=N–C) groups is 1. The Morgan fingerprint density at radius 1 is 1.17 bits per heavy atom. The molecule has 3 aromatic rings. The van der Waals surface area contributed by atoms with E-state index in [2.05, 4.69) is 15.3 Å². The van der Waals surface area contributed by atoms with E-state index in [0.717, 1.165) is 42.7 Å². The van der Waals surface area contributed by atoms with Crippen molar-refractivity contribution >= 4 is 55.0 Å². The number of nitrogens with zero attached hydrogens (tertiary/aromatic N) is 4. The molecular weight excluding hydrogens is 584 g/mol. The standard InChI is InChI=1S/C29H33F2N5O4S2/c1-29(2)15-41-28(35-29)17-9-10-19(22(12-17)42(3,38)39)33-20-13-18(14-21(37)16-7-8-16)32-26-24(20)34-27(25(30)31)36(26)23-6-4-5-11-40-23/h9-10,12-13,16,23,25H,4-8,11,14-15H2,1-3H3,(H,32,33). The average molecular weight is 618 g/mol. The van der Waals surface area contributed by atoms with E-state index in [1.807, 2.05) is 13.8 Å². The van der Waals surface area contributed by atoms with Gasteiger partial charge in [0, 0.05) is 36.5 Å². The van der Waals surface area contributed by atoms with Gasteiger partial charge in [0.15, 0.2) is 21.3 Å². The molecule has 1 saturated carbocycles. The summed E-state index contributed by atoms with van der Waals surface area (Å²) in [7, 11) is -3.72. The Labute approximate surface area is 247 Å². The summed E-state index contributed by atoms with van der Waals surface area (Å²) in [6, 6.07) is 6.63. The number of hydrogen-bond donors (Lipinski definition) is 1. The Hall–Kier alpha value is -2.90. The summed E-state index contributed by atoms with van der Waals surface area (Å²) >= 11 is 1.57. The van der Waals surface area contributed by atoms with Crippen molar-refractivity contribution in [2.75, 3.05) is 23.9 Å². The molecule has 13 heteroatoms. The first-order chi connectivity index (χ1) is 19.9. The van der Waals surface area contributed by atoms with Crippen LogP contribution in [0.1, 0.15) is 75.7 Å². The van der Waals surface area contributed by atoms with Crippen molar-refractivity contribution in [2.45, 2.75) is 75.5 Å². The molecule has 2 fully saturated rings. The van der Waals surface area contributed by atoms with E-state index in [1.54, 1.807) is 36.0 Å². The number of fused-ring (bicyclic) bond motifs is 1. The Morgan fingerprint density at radius 3 is 2.57 bits per heavy atom. The number of rotatable bonds is 9. The molecular formula is C29H33F2N5O4S2. The van der Waals surface area contributed by atoms with Crippen molar-refractivity contribution in [3.05, 3.63) is 41.3 Å². The lowest BCUT2D eigenvalue weighted by molar-refractivity contribution is -0.119. The first-order valence-corrected chi connectivity index (χ1v) is 17.0. The zero-order valence-corrected chi connectivity index (χ0v) is 25.3. The van der Waals surface area contributed by atoms with E-state index >= 15 is 0 Å². The molecule has 4 heterocycles. The zero-order valence-electron chi connectivity index (χ0n) is 23.7. The molecule has 0 bridgehead atoms. The molecule has 1 N–H and O–H groups in total. The summed E-state index contributed by atoms with van der Waals surface area (Å²) in [5, 5.41) is 3.92. The van der Waals surface area contributed by atoms with Crippen LogP contribution in [0, 0.1) is 5.92 Å². The maximum absolute atomic E-state index is 14.3. The van der Waals surface area contributed by atoms with Crippen molar-refractivity contribution in [2.24, 2.45) is 10.9 Å². The summed E-state index contributed by atoms with van der Waals surface area (Å²) in [5.41, 5.74) is 1.73. The second kappa shape index (κ2) is 11.0. The molecule has 224 valence electrons. The van der Waals surface area contributed by atoms with Crippen molar-refractivity contribution in [1.29, 1.82) is 0 Å². The number of hydrogen-bond acceptors (Lipinski definition) is 9. The lowest BCUT2D eigenvalue weighted by Gasteiger charge is -2.25. The number of carbonyl (C=O) groups excluding carboxylic acids is 1. The number of aromatic nitrogens is 3. The molecule has 1 aromatic carbocycles. The number of halogens is 2. The Bertz CT molecular complexity index is 1690. The number of thioether (sulfide) groups is 1. The van der Waals surface area contributed by atoms with Gasteiger partial charge in [-0.3, -0.25) is 14.4 Å². The third kappa shape index (κ3) is 5.96. The van der Waals surface area contributed by atoms with Crippen LogP contribution in [-0.2, 0) is 25.8 Å². The summed E-state index contributed by atoms with van der Waals surface area (Å²) in [5.74, 6) is 0.345. The number of Topliss-reactive ketones (excluding diaryl/α,β-unsaturated/α-hetero) is 1. The first kappa shape index (κ1) is 29.2. The molecule has 1 aliphatic carbocycles. The predicted octanol–water partition coefficient (Wildman–Crippen LogP) is 6.01. The minimum atomic E-state index is -3.72. The van der Waals surface area contributed by atoms with Crippen LogP contribution in [0.15, 0.2) is 34.2 Å². The fourth-order valence-corrected chi connectivity index (χ4v) is 7.37. The highest BCUT2D eigenvalue weighted by Gasteiger charge is 2.32. The molecule has 2 aromatic heterocycles. The van der Waals surface area contributed by atoms with Gasteiger partial charge in [0.1, 0.15) is 17.5 Å². The van der Waals surface area contributed by atoms with Crippen LogP contribution in [0.3, 0.4) is 0 Å². The lowest BCUT2D eigenvalue weighted by atomic mass is 10.1. The van der Waals surface area contributed by atoms with Gasteiger partial charge in [-0.2, -0.15) is 0 Å². The summed E-state index contributed by atoms with van der Waals surface area (Å²) in [4.78, 5) is 26.5. The zero-order chi connectivity index (χ0) is 29.8. The highest BCUT2D eigenvalue weighted by atomic mass is 32.2. The minimum absolute atomic E-state index is 0.00662. The minimum Gasteiger partial charge on any atom is -0.358 e. The second-order valence-corrected chi connectivity index (χ2v) is 14.8. The van der Waals surface area contributed by atoms with E-state index < -0.39 is 28.3 Å². The third-order valence-corrected chi connectivity index (χ3v) is 10.2. The number of pyridine rings is 1. The number of anilines is 2. The summed E-state index contributed by atoms with van der Waals surface area (Å²) < 4.78 is 61.8. The predicted molar refractivity (Wildman–Crippen MR) is 159 cm³/mol. The van der Waals surface area contributed by atoms with Gasteiger partial charge >= 0.3 is 0 Å². The van der Waals surface area contributed by atoms with E-state index in [-0.39, 0.29) is 45.4 Å². The molecule has 1 saturated heterocycles. The second-order valence-electron chi connectivity index (χ2n) is 11.8. The quantitative estimate of drug-likeness (QED) is 0.311. The Kier molecular flexibility index (Phi) is 7.63. The number of nitrogens with one attached hydrogen (secondary N) is 1. The van der Waals surface area contributed by atoms with E-state index in [9.17, 15) is 22.0 Å². The maximum atomic E-state index is 14.3. The van der Waals surface area contributed by atoms with Crippen molar-refractivity contribution in [3.63, 3.8) is 0 Å². The molecule has 2 aliphatic heterocycles. The third-order valence-electron chi connectivity index (χ3n) is 7.62. The molecule has 0 radical (unpaired) electrons. The van der Waals surface area contributed by atoms with Crippen LogP contribution in [-0.4, -0.2) is 57.9 Å². The van der Waals surface area contributed by atoms with Crippen LogP contribution in [0.4, 0.5) is 20.2 Å². The van der Waals surface area contributed by atoms with Gasteiger partial charge < -0.3 is 10.1 Å². The molecule has 3 aliphatic rings. The number of alkyl halides is 2. The fraction of sp³-hybridized carbons (Fsp3) is 0.517. The summed E-state index contributed by atoms with van der Waals surface area (Å²) in [6.45, 7) is 4.47. The smallest absolute Gasteiger partial charge is 0.295 e. The van der Waals surface area contributed by atoms with Gasteiger partial charge in [0.25, 0.3) is 6.43 Å². The first-order valence-electron chi connectivity index (χ1n) is 14.1. The largest absolute Gasteiger partial charge is 0.358 e. The number of benzene rings is 1. The fourth-order valence-electron chi connectivity index (χ4n) is 5.35. The summed E-state index contributed by atoms with van der Waals surface area (Å²) in [6.07, 6.45) is 1.44. The molecule has 9 nitrogen and oxygen atoms in total. The average Bonchev–Trinajstić information content (AvgIpc) is 3.62.